The van der Waals surface area contributed by atoms with Gasteiger partial charge in [0.25, 0.3) is 0 Å². The Kier molecular flexibility index (Phi) is 19.5. The number of rotatable bonds is 10. The molecule has 0 bridgehead atoms. The lowest BCUT2D eigenvalue weighted by Crippen LogP contribution is -2.59. The first-order chi connectivity index (χ1) is 28.1. The number of ether oxygens (including phenoxy) is 7. The lowest BCUT2D eigenvalue weighted by molar-refractivity contribution is -0.338. The van der Waals surface area contributed by atoms with Crippen LogP contribution in [0.25, 0.3) is 0 Å². The maximum Gasteiger partial charge on any atom is 0.404 e. The van der Waals surface area contributed by atoms with Crippen LogP contribution in [0.4, 0.5) is 4.79 Å². The molecule has 0 aromatic rings. The van der Waals surface area contributed by atoms with E-state index in [4.69, 9.17) is 38.9 Å². The van der Waals surface area contributed by atoms with Gasteiger partial charge >= 0.3 is 12.1 Å². The SMILES string of the molecule is C/C=C/[C@H]1O[C@@](O)([C@@H](C)[C@H](O)[C@H](C)[C@H]2OC(=O)/C(OC)=C/C(C)=C/[C@@H](C)[C@H](O)[C@@H](C)[C@@H](O)[C@H](C)C/C(C)=C/C=C/[C@@H]2OC)C[C@@H](O[C@H]2C[C@@H](O)[C@H](OC(N)=O)[C@@H](C)O2)[C@@H]1C. The van der Waals surface area contributed by atoms with Crippen LogP contribution in [0.5, 0.6) is 0 Å². The molecule has 3 aliphatic heterocycles. The number of primary amides is 1. The van der Waals surface area contributed by atoms with Gasteiger partial charge in [0.15, 0.2) is 18.2 Å². The molecule has 0 spiro atoms. The molecule has 3 heterocycles. The van der Waals surface area contributed by atoms with Crippen molar-refractivity contribution in [2.75, 3.05) is 14.2 Å². The summed E-state index contributed by atoms with van der Waals surface area (Å²) >= 11 is 0. The minimum atomic E-state index is -1.97. The Bertz CT molecular complexity index is 1550. The number of hydrogen-bond donors (Lipinski definition) is 6. The average Bonchev–Trinajstić information content (AvgIpc) is 3.18. The van der Waals surface area contributed by atoms with Gasteiger partial charge in [0.05, 0.1) is 49.8 Å². The topological polar surface area (TPSA) is 226 Å². The number of nitrogens with two attached hydrogens (primary N) is 1. The summed E-state index contributed by atoms with van der Waals surface area (Å²) in [6, 6.07) is 0. The zero-order valence-corrected chi connectivity index (χ0v) is 37.5. The molecule has 18 atom stereocenters. The zero-order chi connectivity index (χ0) is 45.2. The molecule has 0 radical (unpaired) electrons. The van der Waals surface area contributed by atoms with Gasteiger partial charge in [-0.05, 0) is 46.1 Å². The van der Waals surface area contributed by atoms with E-state index in [-0.39, 0.29) is 36.4 Å². The average molecular weight is 852 g/mol. The molecule has 15 nitrogen and oxygen atoms in total. The van der Waals surface area contributed by atoms with E-state index in [1.807, 2.05) is 47.6 Å². The van der Waals surface area contributed by atoms with Crippen molar-refractivity contribution in [3.05, 3.63) is 59.4 Å². The number of methoxy groups -OCH3 is 2. The molecule has 3 rings (SSSR count). The molecule has 0 aliphatic carbocycles. The van der Waals surface area contributed by atoms with Gasteiger partial charge in [0.1, 0.15) is 12.2 Å². The fraction of sp³-hybridized carbons (Fsp3) is 0.733. The summed E-state index contributed by atoms with van der Waals surface area (Å²) < 4.78 is 41.3. The minimum Gasteiger partial charge on any atom is -0.490 e. The molecule has 15 heteroatoms. The number of carbonyl (C=O) groups excluding carboxylic acids is 2. The van der Waals surface area contributed by atoms with Crippen molar-refractivity contribution in [1.82, 2.24) is 0 Å². The molecule has 342 valence electrons. The van der Waals surface area contributed by atoms with E-state index in [0.29, 0.717) is 12.0 Å². The van der Waals surface area contributed by atoms with Gasteiger partial charge in [-0.15, -0.1) is 0 Å². The number of hydrogen-bond acceptors (Lipinski definition) is 14. The van der Waals surface area contributed by atoms with Gasteiger partial charge in [0, 0.05) is 49.5 Å². The van der Waals surface area contributed by atoms with E-state index < -0.39 is 103 Å². The number of esters is 1. The van der Waals surface area contributed by atoms with Crippen LogP contribution in [-0.4, -0.2) is 125 Å². The second-order valence-electron chi connectivity index (χ2n) is 17.3. The molecular formula is C45H73NO14. The Hall–Kier alpha value is -3.12. The van der Waals surface area contributed by atoms with Crippen LogP contribution in [-0.2, 0) is 38.0 Å². The Morgan fingerprint density at radius 2 is 1.72 bits per heavy atom. The van der Waals surface area contributed by atoms with Gasteiger partial charge in [-0.25, -0.2) is 9.59 Å². The highest BCUT2D eigenvalue weighted by Gasteiger charge is 2.52. The van der Waals surface area contributed by atoms with Crippen LogP contribution < -0.4 is 5.73 Å². The number of aliphatic hydroxyl groups excluding tert-OH is 4. The maximum absolute atomic E-state index is 13.9. The van der Waals surface area contributed by atoms with E-state index >= 15 is 0 Å². The van der Waals surface area contributed by atoms with E-state index in [1.54, 1.807) is 58.1 Å². The summed E-state index contributed by atoms with van der Waals surface area (Å²) in [5, 5.41) is 57.6. The fourth-order valence-electron chi connectivity index (χ4n) is 8.64. The molecule has 1 amide bonds. The molecule has 0 saturated carbocycles. The van der Waals surface area contributed by atoms with E-state index in [2.05, 4.69) is 0 Å². The highest BCUT2D eigenvalue weighted by Crippen LogP contribution is 2.42. The van der Waals surface area contributed by atoms with Crippen LogP contribution >= 0.6 is 0 Å². The lowest BCUT2D eigenvalue weighted by Gasteiger charge is -2.49. The Labute approximate surface area is 356 Å². The lowest BCUT2D eigenvalue weighted by atomic mass is 9.77. The number of aliphatic hydroxyl groups is 5. The molecular weight excluding hydrogens is 778 g/mol. The molecule has 0 aromatic carbocycles. The highest BCUT2D eigenvalue weighted by molar-refractivity contribution is 5.87. The van der Waals surface area contributed by atoms with Gasteiger partial charge in [-0.2, -0.15) is 0 Å². The number of carbonyl (C=O) groups is 2. The molecule has 3 aliphatic rings. The number of allylic oxidation sites excluding steroid dienone is 6. The zero-order valence-electron chi connectivity index (χ0n) is 37.5. The Balaban J connectivity index is 1.99. The summed E-state index contributed by atoms with van der Waals surface area (Å²) in [7, 11) is 2.80. The molecule has 0 aromatic heterocycles. The smallest absolute Gasteiger partial charge is 0.404 e. The van der Waals surface area contributed by atoms with Crippen molar-refractivity contribution >= 4 is 12.1 Å². The second-order valence-corrected chi connectivity index (χ2v) is 17.3. The summed E-state index contributed by atoms with van der Waals surface area (Å²) in [4.78, 5) is 25.3. The monoisotopic (exact) mass is 852 g/mol. The third-order valence-electron chi connectivity index (χ3n) is 12.5. The van der Waals surface area contributed by atoms with Gasteiger partial charge in [-0.3, -0.25) is 0 Å². The van der Waals surface area contributed by atoms with Gasteiger partial charge in [0.2, 0.25) is 5.76 Å². The first-order valence-corrected chi connectivity index (χ1v) is 21.1. The van der Waals surface area contributed by atoms with E-state index in [1.165, 1.54) is 20.3 Å². The maximum atomic E-state index is 13.9. The van der Waals surface area contributed by atoms with E-state index in [0.717, 1.165) is 5.57 Å². The van der Waals surface area contributed by atoms with E-state index in [9.17, 15) is 35.1 Å². The summed E-state index contributed by atoms with van der Waals surface area (Å²) in [5.41, 5.74) is 6.76. The molecule has 60 heavy (non-hydrogen) atoms. The van der Waals surface area contributed by atoms with Crippen LogP contribution in [0.15, 0.2) is 59.4 Å². The standard InChI is InChI=1S/C45H73NO14/c1-13-15-33-27(6)36(57-37-21-32(47)42(31(10)56-37)59-44(46)52)22-45(53,60-33)30(9)40(50)29(8)41-34(54-11)17-14-16-23(2)18-25(4)38(48)28(7)39(49)26(5)19-24(3)20-35(55-12)43(51)58-41/h13-17,19-20,25-34,36-42,47-50,53H,18,21-22H2,1-12H3,(H2,46,52)/b15-13+,17-14+,23-16+,24-19+,35-20-/t25-,26-,27-,28+,29+,30+,31-,32-,33-,34+,36-,37+,38+,39+,40-,41-,42-,45-/m1/s1. The molecule has 2 saturated heterocycles. The Morgan fingerprint density at radius 1 is 1.05 bits per heavy atom. The third-order valence-corrected chi connectivity index (χ3v) is 12.5. The summed E-state index contributed by atoms with van der Waals surface area (Å²) in [5.74, 6) is -6.06. The fourth-order valence-corrected chi connectivity index (χ4v) is 8.64. The van der Waals surface area contributed by atoms with Crippen LogP contribution in [0.1, 0.15) is 88.5 Å². The van der Waals surface area contributed by atoms with Crippen molar-refractivity contribution in [3.63, 3.8) is 0 Å². The molecule has 2 fully saturated rings. The first kappa shape index (κ1) is 51.2. The minimum absolute atomic E-state index is 0.0314. The van der Waals surface area contributed by atoms with Crippen molar-refractivity contribution in [3.8, 4) is 0 Å². The molecule has 0 unspecified atom stereocenters. The Morgan fingerprint density at radius 3 is 2.30 bits per heavy atom. The van der Waals surface area contributed by atoms with Crippen molar-refractivity contribution in [2.45, 2.75) is 162 Å². The second kappa shape index (κ2) is 22.8. The number of amides is 1. The summed E-state index contributed by atoms with van der Waals surface area (Å²) in [6.07, 6.45) is 1.54. The van der Waals surface area contributed by atoms with Crippen LogP contribution in [0, 0.1) is 35.5 Å². The summed E-state index contributed by atoms with van der Waals surface area (Å²) in [6.45, 7) is 18.0. The largest absolute Gasteiger partial charge is 0.490 e. The normalized spacial score (nSPS) is 42.7. The quantitative estimate of drug-likeness (QED) is 0.131. The van der Waals surface area contributed by atoms with Crippen molar-refractivity contribution < 1.29 is 68.3 Å². The number of cyclic esters (lactones) is 1. The predicted octanol–water partition coefficient (Wildman–Crippen LogP) is 4.59. The van der Waals surface area contributed by atoms with Crippen molar-refractivity contribution in [2.24, 2.45) is 41.2 Å². The van der Waals surface area contributed by atoms with Crippen LogP contribution in [0.3, 0.4) is 0 Å². The van der Waals surface area contributed by atoms with Gasteiger partial charge in [-0.1, -0.05) is 89.1 Å². The highest BCUT2D eigenvalue weighted by atomic mass is 16.7. The molecule has 7 N–H and O–H groups in total. The van der Waals surface area contributed by atoms with Crippen LogP contribution in [0.2, 0.25) is 0 Å². The van der Waals surface area contributed by atoms with Gasteiger partial charge < -0.3 is 64.4 Å². The predicted molar refractivity (Wildman–Crippen MR) is 224 cm³/mol. The van der Waals surface area contributed by atoms with Crippen molar-refractivity contribution in [1.29, 1.82) is 0 Å². The first-order valence-electron chi connectivity index (χ1n) is 21.1. The third kappa shape index (κ3) is 13.2.